The molecule has 1 N–H and O–H groups in total. The second kappa shape index (κ2) is 6.78. The molecule has 2 rings (SSSR count). The van der Waals surface area contributed by atoms with E-state index in [4.69, 9.17) is 11.6 Å². The SMILES string of the molecule is CNCc1ccccc1N(C)C(C)c1cccc(Cl)c1. The zero-order chi connectivity index (χ0) is 14.5. The molecule has 0 aromatic heterocycles. The molecule has 0 bridgehead atoms. The van der Waals surface area contributed by atoms with Crippen molar-refractivity contribution >= 4 is 17.3 Å². The first-order valence-electron chi connectivity index (χ1n) is 6.84. The van der Waals surface area contributed by atoms with Crippen LogP contribution in [0.2, 0.25) is 5.02 Å². The monoisotopic (exact) mass is 288 g/mol. The Bertz CT molecular complexity index is 568. The lowest BCUT2D eigenvalue weighted by molar-refractivity contribution is 0.727. The van der Waals surface area contributed by atoms with Crippen molar-refractivity contribution in [2.75, 3.05) is 19.0 Å². The highest BCUT2D eigenvalue weighted by atomic mass is 35.5. The smallest absolute Gasteiger partial charge is 0.0511 e. The van der Waals surface area contributed by atoms with Crippen molar-refractivity contribution in [1.82, 2.24) is 5.32 Å². The van der Waals surface area contributed by atoms with Crippen molar-refractivity contribution in [3.05, 3.63) is 64.7 Å². The number of para-hydroxylation sites is 1. The highest BCUT2D eigenvalue weighted by Gasteiger charge is 2.15. The average molecular weight is 289 g/mol. The molecule has 0 heterocycles. The van der Waals surface area contributed by atoms with Gasteiger partial charge in [-0.2, -0.15) is 0 Å². The van der Waals surface area contributed by atoms with E-state index in [-0.39, 0.29) is 6.04 Å². The second-order valence-corrected chi connectivity index (χ2v) is 5.44. The van der Waals surface area contributed by atoms with E-state index in [1.165, 1.54) is 16.8 Å². The fraction of sp³-hybridized carbons (Fsp3) is 0.294. The summed E-state index contributed by atoms with van der Waals surface area (Å²) in [5.41, 5.74) is 3.76. The first-order valence-corrected chi connectivity index (χ1v) is 7.22. The van der Waals surface area contributed by atoms with E-state index in [0.29, 0.717) is 0 Å². The minimum atomic E-state index is 0.270. The Morgan fingerprint density at radius 3 is 2.60 bits per heavy atom. The molecule has 2 aromatic rings. The molecule has 106 valence electrons. The van der Waals surface area contributed by atoms with Gasteiger partial charge in [-0.3, -0.25) is 0 Å². The topological polar surface area (TPSA) is 15.3 Å². The molecule has 0 spiro atoms. The molecule has 0 fully saturated rings. The van der Waals surface area contributed by atoms with E-state index in [1.54, 1.807) is 0 Å². The van der Waals surface area contributed by atoms with Crippen LogP contribution in [0.25, 0.3) is 0 Å². The van der Waals surface area contributed by atoms with Crippen LogP contribution in [0, 0.1) is 0 Å². The Labute approximate surface area is 126 Å². The first-order chi connectivity index (χ1) is 9.63. The summed E-state index contributed by atoms with van der Waals surface area (Å²) in [6, 6.07) is 16.8. The highest BCUT2D eigenvalue weighted by Crippen LogP contribution is 2.29. The van der Waals surface area contributed by atoms with E-state index >= 15 is 0 Å². The predicted molar refractivity (Wildman–Crippen MR) is 87.5 cm³/mol. The van der Waals surface area contributed by atoms with Gasteiger partial charge < -0.3 is 10.2 Å². The summed E-state index contributed by atoms with van der Waals surface area (Å²) in [5.74, 6) is 0. The fourth-order valence-corrected chi connectivity index (χ4v) is 2.59. The summed E-state index contributed by atoms with van der Waals surface area (Å²) < 4.78 is 0. The van der Waals surface area contributed by atoms with E-state index in [9.17, 15) is 0 Å². The summed E-state index contributed by atoms with van der Waals surface area (Å²) in [5, 5.41) is 4.00. The zero-order valence-corrected chi connectivity index (χ0v) is 13.0. The number of hydrogen-bond donors (Lipinski definition) is 1. The third-order valence-corrected chi connectivity index (χ3v) is 3.89. The van der Waals surface area contributed by atoms with Crippen LogP contribution < -0.4 is 10.2 Å². The quantitative estimate of drug-likeness (QED) is 0.884. The van der Waals surface area contributed by atoms with Gasteiger partial charge >= 0.3 is 0 Å². The van der Waals surface area contributed by atoms with Crippen LogP contribution in [-0.2, 0) is 6.54 Å². The van der Waals surface area contributed by atoms with Crippen LogP contribution in [0.3, 0.4) is 0 Å². The second-order valence-electron chi connectivity index (χ2n) is 5.00. The third kappa shape index (κ3) is 3.33. The standard InChI is InChI=1S/C17H21ClN2/c1-13(14-8-6-9-16(18)11-14)20(3)17-10-5-4-7-15(17)12-19-2/h4-11,13,19H,12H2,1-3H3. The van der Waals surface area contributed by atoms with Gasteiger partial charge in [0.1, 0.15) is 0 Å². The number of nitrogens with zero attached hydrogens (tertiary/aromatic N) is 1. The summed E-state index contributed by atoms with van der Waals surface area (Å²) >= 11 is 6.09. The van der Waals surface area contributed by atoms with Gasteiger partial charge in [-0.1, -0.05) is 41.9 Å². The van der Waals surface area contributed by atoms with Crippen LogP contribution in [0.4, 0.5) is 5.69 Å². The molecule has 20 heavy (non-hydrogen) atoms. The third-order valence-electron chi connectivity index (χ3n) is 3.65. The van der Waals surface area contributed by atoms with E-state index in [1.807, 2.05) is 25.2 Å². The zero-order valence-electron chi connectivity index (χ0n) is 12.2. The molecule has 1 unspecified atom stereocenters. The number of benzene rings is 2. The number of nitrogens with one attached hydrogen (secondary N) is 1. The normalized spacial score (nSPS) is 12.2. The van der Waals surface area contributed by atoms with Crippen molar-refractivity contribution in [3.63, 3.8) is 0 Å². The molecule has 0 saturated heterocycles. The van der Waals surface area contributed by atoms with Crippen LogP contribution in [0.15, 0.2) is 48.5 Å². The lowest BCUT2D eigenvalue weighted by Gasteiger charge is -2.29. The summed E-state index contributed by atoms with van der Waals surface area (Å²) in [6.45, 7) is 3.06. The molecule has 0 aliphatic carbocycles. The van der Waals surface area contributed by atoms with Crippen LogP contribution in [0.1, 0.15) is 24.1 Å². The summed E-state index contributed by atoms with van der Waals surface area (Å²) in [7, 11) is 4.09. The van der Waals surface area contributed by atoms with Crippen molar-refractivity contribution < 1.29 is 0 Å². The Morgan fingerprint density at radius 1 is 1.15 bits per heavy atom. The molecular weight excluding hydrogens is 268 g/mol. The number of hydrogen-bond acceptors (Lipinski definition) is 2. The average Bonchev–Trinajstić information content (AvgIpc) is 2.47. The van der Waals surface area contributed by atoms with Crippen molar-refractivity contribution in [1.29, 1.82) is 0 Å². The molecule has 0 saturated carbocycles. The molecule has 1 atom stereocenters. The number of anilines is 1. The van der Waals surface area contributed by atoms with Crippen molar-refractivity contribution in [2.45, 2.75) is 19.5 Å². The van der Waals surface area contributed by atoms with Gasteiger partial charge in [-0.15, -0.1) is 0 Å². The van der Waals surface area contributed by atoms with Crippen LogP contribution >= 0.6 is 11.6 Å². The predicted octanol–water partition coefficient (Wildman–Crippen LogP) is 4.26. The number of halogens is 1. The maximum absolute atomic E-state index is 6.09. The Hall–Kier alpha value is -1.51. The lowest BCUT2D eigenvalue weighted by Crippen LogP contribution is -2.23. The van der Waals surface area contributed by atoms with Gasteiger partial charge in [-0.05, 0) is 43.3 Å². The van der Waals surface area contributed by atoms with Crippen LogP contribution in [-0.4, -0.2) is 14.1 Å². The van der Waals surface area contributed by atoms with Crippen LogP contribution in [0.5, 0.6) is 0 Å². The Balaban J connectivity index is 2.28. The van der Waals surface area contributed by atoms with Gasteiger partial charge in [0, 0.05) is 24.3 Å². The summed E-state index contributed by atoms with van der Waals surface area (Å²) in [4.78, 5) is 2.29. The van der Waals surface area contributed by atoms with Crippen molar-refractivity contribution in [3.8, 4) is 0 Å². The fourth-order valence-electron chi connectivity index (χ4n) is 2.39. The Morgan fingerprint density at radius 2 is 1.90 bits per heavy atom. The molecule has 2 aromatic carbocycles. The van der Waals surface area contributed by atoms with E-state index in [2.05, 4.69) is 54.5 Å². The first kappa shape index (κ1) is 14.9. The highest BCUT2D eigenvalue weighted by molar-refractivity contribution is 6.30. The molecule has 3 heteroatoms. The van der Waals surface area contributed by atoms with Gasteiger partial charge in [0.15, 0.2) is 0 Å². The largest absolute Gasteiger partial charge is 0.368 e. The van der Waals surface area contributed by atoms with Gasteiger partial charge in [0.05, 0.1) is 6.04 Å². The maximum Gasteiger partial charge on any atom is 0.0511 e. The minimum absolute atomic E-state index is 0.270. The molecule has 2 nitrogen and oxygen atoms in total. The van der Waals surface area contributed by atoms with E-state index < -0.39 is 0 Å². The van der Waals surface area contributed by atoms with Gasteiger partial charge in [-0.25, -0.2) is 0 Å². The maximum atomic E-state index is 6.09. The molecule has 0 aliphatic rings. The molecule has 0 amide bonds. The minimum Gasteiger partial charge on any atom is -0.368 e. The molecule has 0 radical (unpaired) electrons. The number of rotatable bonds is 5. The lowest BCUT2D eigenvalue weighted by atomic mass is 10.1. The molecule has 0 aliphatic heterocycles. The van der Waals surface area contributed by atoms with E-state index in [0.717, 1.165) is 11.6 Å². The Kier molecular flexibility index (Phi) is 5.05. The van der Waals surface area contributed by atoms with Gasteiger partial charge in [0.25, 0.3) is 0 Å². The molecular formula is C17H21ClN2. The van der Waals surface area contributed by atoms with Crippen molar-refractivity contribution in [2.24, 2.45) is 0 Å². The summed E-state index contributed by atoms with van der Waals surface area (Å²) in [6.07, 6.45) is 0. The van der Waals surface area contributed by atoms with Gasteiger partial charge in [0.2, 0.25) is 0 Å².